The molecule has 0 amide bonds. The molecule has 1 aliphatic carbocycles. The Morgan fingerprint density at radius 3 is 2.48 bits per heavy atom. The zero-order valence-electron chi connectivity index (χ0n) is 14.5. The van der Waals surface area contributed by atoms with Crippen LogP contribution in [0.15, 0.2) is 5.38 Å². The fourth-order valence-electron chi connectivity index (χ4n) is 3.44. The van der Waals surface area contributed by atoms with Gasteiger partial charge in [-0.3, -0.25) is 0 Å². The first-order valence-electron chi connectivity index (χ1n) is 8.53. The Balaban J connectivity index is 2.10. The minimum Gasteiger partial charge on any atom is -0.313 e. The van der Waals surface area contributed by atoms with Crippen molar-refractivity contribution in [1.82, 2.24) is 10.3 Å². The Bertz CT molecular complexity index is 438. The third kappa shape index (κ3) is 4.29. The Kier molecular flexibility index (Phi) is 5.48. The van der Waals surface area contributed by atoms with E-state index in [0.29, 0.717) is 11.5 Å². The fraction of sp³-hybridized carbons (Fsp3) is 0.833. The molecule has 0 radical (unpaired) electrons. The van der Waals surface area contributed by atoms with Crippen molar-refractivity contribution in [1.29, 1.82) is 0 Å². The summed E-state index contributed by atoms with van der Waals surface area (Å²) in [5.74, 6) is 0. The Morgan fingerprint density at radius 1 is 1.29 bits per heavy atom. The van der Waals surface area contributed by atoms with E-state index in [0.717, 1.165) is 13.0 Å². The molecule has 1 fully saturated rings. The first-order valence-corrected chi connectivity index (χ1v) is 9.41. The average Bonchev–Trinajstić information content (AvgIpc) is 2.88. The number of thiazole rings is 1. The van der Waals surface area contributed by atoms with Crippen molar-refractivity contribution >= 4 is 11.3 Å². The topological polar surface area (TPSA) is 24.9 Å². The van der Waals surface area contributed by atoms with Crippen molar-refractivity contribution in [3.05, 3.63) is 16.1 Å². The fourth-order valence-corrected chi connectivity index (χ4v) is 4.51. The van der Waals surface area contributed by atoms with Crippen molar-refractivity contribution in [2.24, 2.45) is 5.41 Å². The maximum absolute atomic E-state index is 4.91. The first kappa shape index (κ1) is 17.0. The summed E-state index contributed by atoms with van der Waals surface area (Å²) >= 11 is 1.84. The predicted molar refractivity (Wildman–Crippen MR) is 93.2 cm³/mol. The molecule has 1 unspecified atom stereocenters. The highest BCUT2D eigenvalue weighted by Gasteiger charge is 2.35. The third-order valence-corrected chi connectivity index (χ3v) is 5.86. The van der Waals surface area contributed by atoms with E-state index in [1.54, 1.807) is 0 Å². The number of hydrogen-bond donors (Lipinski definition) is 1. The quantitative estimate of drug-likeness (QED) is 0.834. The zero-order valence-corrected chi connectivity index (χ0v) is 15.3. The van der Waals surface area contributed by atoms with Crippen molar-refractivity contribution in [3.63, 3.8) is 0 Å². The van der Waals surface area contributed by atoms with Gasteiger partial charge in [-0.05, 0) is 24.8 Å². The SMILES string of the molecule is CCNC(Cc1nc(C(C)(C)C)cs1)C1(C)CCCCC1. The molecule has 1 aliphatic rings. The van der Waals surface area contributed by atoms with Gasteiger partial charge in [0.1, 0.15) is 0 Å². The lowest BCUT2D eigenvalue weighted by Crippen LogP contribution is -2.46. The van der Waals surface area contributed by atoms with Crippen molar-refractivity contribution in [3.8, 4) is 0 Å². The molecule has 0 saturated heterocycles. The summed E-state index contributed by atoms with van der Waals surface area (Å²) in [7, 11) is 0. The monoisotopic (exact) mass is 308 g/mol. The largest absolute Gasteiger partial charge is 0.313 e. The Hall–Kier alpha value is -0.410. The van der Waals surface area contributed by atoms with Crippen LogP contribution in [0.3, 0.4) is 0 Å². The molecular formula is C18H32N2S. The highest BCUT2D eigenvalue weighted by Crippen LogP contribution is 2.40. The van der Waals surface area contributed by atoms with Crippen LogP contribution in [0, 0.1) is 5.41 Å². The van der Waals surface area contributed by atoms with Gasteiger partial charge in [-0.1, -0.05) is 53.9 Å². The van der Waals surface area contributed by atoms with E-state index in [9.17, 15) is 0 Å². The van der Waals surface area contributed by atoms with Crippen LogP contribution >= 0.6 is 11.3 Å². The number of nitrogens with one attached hydrogen (secondary N) is 1. The van der Waals surface area contributed by atoms with E-state index < -0.39 is 0 Å². The summed E-state index contributed by atoms with van der Waals surface area (Å²) in [6.45, 7) is 12.5. The molecule has 1 heterocycles. The predicted octanol–water partition coefficient (Wildman–Crippen LogP) is 4.93. The number of nitrogens with zero attached hydrogens (tertiary/aromatic N) is 1. The molecule has 1 aromatic heterocycles. The lowest BCUT2D eigenvalue weighted by Gasteiger charge is -2.41. The minimum atomic E-state index is 0.164. The molecular weight excluding hydrogens is 276 g/mol. The molecule has 120 valence electrons. The van der Waals surface area contributed by atoms with Crippen LogP contribution in [-0.4, -0.2) is 17.6 Å². The first-order chi connectivity index (χ1) is 9.85. The highest BCUT2D eigenvalue weighted by atomic mass is 32.1. The second-order valence-electron chi connectivity index (χ2n) is 7.91. The Labute approximate surface area is 134 Å². The van der Waals surface area contributed by atoms with E-state index in [1.165, 1.54) is 42.8 Å². The molecule has 2 rings (SSSR count). The van der Waals surface area contributed by atoms with Crippen molar-refractivity contribution < 1.29 is 0 Å². The molecule has 2 nitrogen and oxygen atoms in total. The van der Waals surface area contributed by atoms with Gasteiger partial charge >= 0.3 is 0 Å². The lowest BCUT2D eigenvalue weighted by molar-refractivity contribution is 0.144. The lowest BCUT2D eigenvalue weighted by atomic mass is 9.69. The number of hydrogen-bond acceptors (Lipinski definition) is 3. The van der Waals surface area contributed by atoms with Gasteiger partial charge < -0.3 is 5.32 Å². The number of rotatable bonds is 5. The van der Waals surface area contributed by atoms with Gasteiger partial charge in [0.05, 0.1) is 10.7 Å². The van der Waals surface area contributed by atoms with E-state index in [-0.39, 0.29) is 5.41 Å². The molecule has 1 saturated carbocycles. The van der Waals surface area contributed by atoms with Gasteiger partial charge in [0.25, 0.3) is 0 Å². The molecule has 3 heteroatoms. The van der Waals surface area contributed by atoms with E-state index in [4.69, 9.17) is 4.98 Å². The molecule has 1 atom stereocenters. The van der Waals surface area contributed by atoms with E-state index in [1.807, 2.05) is 11.3 Å². The average molecular weight is 309 g/mol. The van der Waals surface area contributed by atoms with Crippen LogP contribution < -0.4 is 5.32 Å². The molecule has 0 aromatic carbocycles. The number of aromatic nitrogens is 1. The van der Waals surface area contributed by atoms with Crippen molar-refractivity contribution in [2.75, 3.05) is 6.54 Å². The maximum atomic E-state index is 4.91. The van der Waals surface area contributed by atoms with Crippen LogP contribution in [0.1, 0.15) is 77.4 Å². The maximum Gasteiger partial charge on any atom is 0.0944 e. The Morgan fingerprint density at radius 2 is 1.95 bits per heavy atom. The molecule has 1 aromatic rings. The molecule has 0 aliphatic heterocycles. The van der Waals surface area contributed by atoms with Gasteiger partial charge in [-0.25, -0.2) is 4.98 Å². The van der Waals surface area contributed by atoms with E-state index >= 15 is 0 Å². The highest BCUT2D eigenvalue weighted by molar-refractivity contribution is 7.09. The summed E-state index contributed by atoms with van der Waals surface area (Å²) in [5.41, 5.74) is 1.85. The van der Waals surface area contributed by atoms with Gasteiger partial charge in [-0.15, -0.1) is 11.3 Å². The molecule has 1 N–H and O–H groups in total. The molecule has 0 spiro atoms. The summed E-state index contributed by atoms with van der Waals surface area (Å²) < 4.78 is 0. The van der Waals surface area contributed by atoms with Gasteiger partial charge in [-0.2, -0.15) is 0 Å². The van der Waals surface area contributed by atoms with Crippen LogP contribution in [0.25, 0.3) is 0 Å². The molecule has 0 bridgehead atoms. The smallest absolute Gasteiger partial charge is 0.0944 e. The summed E-state index contributed by atoms with van der Waals surface area (Å²) in [6, 6.07) is 0.571. The van der Waals surface area contributed by atoms with Crippen LogP contribution in [0.4, 0.5) is 0 Å². The van der Waals surface area contributed by atoms with Gasteiger partial charge in [0.15, 0.2) is 0 Å². The van der Waals surface area contributed by atoms with Crippen LogP contribution in [-0.2, 0) is 11.8 Å². The number of likely N-dealkylation sites (N-methyl/N-ethyl adjacent to an activating group) is 1. The third-order valence-electron chi connectivity index (χ3n) is 4.99. The van der Waals surface area contributed by atoms with Crippen molar-refractivity contribution in [2.45, 2.75) is 84.6 Å². The van der Waals surface area contributed by atoms with Crippen LogP contribution in [0.5, 0.6) is 0 Å². The zero-order chi connectivity index (χ0) is 15.5. The second-order valence-corrected chi connectivity index (χ2v) is 8.85. The normalized spacial score (nSPS) is 20.4. The second kappa shape index (κ2) is 6.78. The van der Waals surface area contributed by atoms with E-state index in [2.05, 4.69) is 45.3 Å². The van der Waals surface area contributed by atoms with Crippen LogP contribution in [0.2, 0.25) is 0 Å². The van der Waals surface area contributed by atoms with Gasteiger partial charge in [0, 0.05) is 23.3 Å². The summed E-state index contributed by atoms with van der Waals surface area (Å²) in [6.07, 6.45) is 8.02. The van der Waals surface area contributed by atoms with Gasteiger partial charge in [0.2, 0.25) is 0 Å². The summed E-state index contributed by atoms with van der Waals surface area (Å²) in [5, 5.41) is 7.31. The molecule has 21 heavy (non-hydrogen) atoms. The summed E-state index contributed by atoms with van der Waals surface area (Å²) in [4.78, 5) is 4.91. The standard InChI is InChI=1S/C18H32N2S/c1-6-19-14(18(5)10-8-7-9-11-18)12-16-20-15(13-21-16)17(2,3)4/h13-14,19H,6-12H2,1-5H3. The minimum absolute atomic E-state index is 0.164.